The van der Waals surface area contributed by atoms with Crippen LogP contribution in [0.4, 0.5) is 10.5 Å². The predicted octanol–water partition coefficient (Wildman–Crippen LogP) is 4.44. The summed E-state index contributed by atoms with van der Waals surface area (Å²) in [6.45, 7) is 6.16. The summed E-state index contributed by atoms with van der Waals surface area (Å²) in [5.41, 5.74) is 1.22. The van der Waals surface area contributed by atoms with Gasteiger partial charge < -0.3 is 15.0 Å². The zero-order valence-electron chi connectivity index (χ0n) is 21.3. The molecule has 1 saturated heterocycles. The summed E-state index contributed by atoms with van der Waals surface area (Å²) in [7, 11) is 1.54. The average Bonchev–Trinajstić information content (AvgIpc) is 3.30. The minimum Gasteiger partial charge on any atom is -0.445 e. The number of carbonyl (C=O) groups excluding carboxylic acids is 3. The highest BCUT2D eigenvalue weighted by atomic mass is 16.6. The first-order chi connectivity index (χ1) is 17.1. The van der Waals surface area contributed by atoms with Crippen molar-refractivity contribution in [1.82, 2.24) is 9.80 Å². The molecule has 2 aromatic rings. The van der Waals surface area contributed by atoms with Crippen LogP contribution >= 0.6 is 0 Å². The van der Waals surface area contributed by atoms with E-state index in [2.05, 4.69) is 11.4 Å². The lowest BCUT2D eigenvalue weighted by molar-refractivity contribution is -0.137. The molecule has 8 nitrogen and oxygen atoms in total. The Labute approximate surface area is 212 Å². The van der Waals surface area contributed by atoms with E-state index in [0.29, 0.717) is 12.1 Å². The highest BCUT2D eigenvalue weighted by Gasteiger charge is 2.43. The monoisotopic (exact) mass is 490 g/mol. The number of benzene rings is 2. The zero-order chi connectivity index (χ0) is 26.3. The summed E-state index contributed by atoms with van der Waals surface area (Å²) in [6, 6.07) is 19.0. The fourth-order valence-corrected chi connectivity index (χ4v) is 4.27. The molecule has 1 aliphatic rings. The first-order valence-electron chi connectivity index (χ1n) is 12.1. The third kappa shape index (κ3) is 7.08. The van der Waals surface area contributed by atoms with E-state index < -0.39 is 24.1 Å². The minimum atomic E-state index is -0.833. The van der Waals surface area contributed by atoms with Gasteiger partial charge in [-0.05, 0) is 36.0 Å². The summed E-state index contributed by atoms with van der Waals surface area (Å²) >= 11 is 0. The van der Waals surface area contributed by atoms with Crippen LogP contribution < -0.4 is 5.32 Å². The Morgan fingerprint density at radius 3 is 2.31 bits per heavy atom. The molecule has 0 saturated carbocycles. The second-order valence-electron chi connectivity index (χ2n) is 10.4. The van der Waals surface area contributed by atoms with Crippen molar-refractivity contribution in [1.29, 1.82) is 5.26 Å². The lowest BCUT2D eigenvalue weighted by atomic mass is 9.87. The number of nitrogens with zero attached hydrogens (tertiary/aromatic N) is 3. The number of ether oxygens (including phenoxy) is 1. The molecule has 8 heteroatoms. The predicted molar refractivity (Wildman–Crippen MR) is 137 cm³/mol. The van der Waals surface area contributed by atoms with Gasteiger partial charge in [0.2, 0.25) is 11.8 Å². The van der Waals surface area contributed by atoms with E-state index in [1.807, 2.05) is 69.3 Å². The topological polar surface area (TPSA) is 103 Å². The number of carbonyl (C=O) groups is 3. The van der Waals surface area contributed by atoms with Gasteiger partial charge in [0.15, 0.2) is 0 Å². The molecule has 36 heavy (non-hydrogen) atoms. The van der Waals surface area contributed by atoms with E-state index in [4.69, 9.17) is 4.74 Å². The molecule has 0 spiro atoms. The molecule has 0 aliphatic carbocycles. The third-order valence-corrected chi connectivity index (χ3v) is 6.20. The number of rotatable bonds is 7. The van der Waals surface area contributed by atoms with Crippen molar-refractivity contribution >= 4 is 23.6 Å². The normalized spacial score (nSPS) is 18.1. The van der Waals surface area contributed by atoms with Crippen molar-refractivity contribution in [2.75, 3.05) is 18.9 Å². The fraction of sp³-hybridized carbons (Fsp3) is 0.429. The molecule has 0 radical (unpaired) electrons. The van der Waals surface area contributed by atoms with Crippen LogP contribution in [0.15, 0.2) is 60.7 Å². The lowest BCUT2D eigenvalue weighted by Crippen LogP contribution is -2.52. The van der Waals surface area contributed by atoms with Gasteiger partial charge in [-0.15, -0.1) is 0 Å². The van der Waals surface area contributed by atoms with Crippen molar-refractivity contribution in [2.45, 2.75) is 52.3 Å². The number of anilines is 1. The molecule has 2 aromatic carbocycles. The first-order valence-corrected chi connectivity index (χ1v) is 12.1. The Morgan fingerprint density at radius 1 is 1.11 bits per heavy atom. The lowest BCUT2D eigenvalue weighted by Gasteiger charge is -2.35. The number of likely N-dealkylation sites (tertiary alicyclic amines) is 1. The molecular weight excluding hydrogens is 456 g/mol. The van der Waals surface area contributed by atoms with E-state index >= 15 is 0 Å². The van der Waals surface area contributed by atoms with Gasteiger partial charge in [0.1, 0.15) is 18.7 Å². The standard InChI is InChI=1S/C28H34N4O4/c1-28(2,3)16-24(31(4)27(35)36-19-20-11-7-5-8-12-20)26(34)32-18-21(15-23(32)17-29)25(33)30-22-13-9-6-10-14-22/h5-14,21,23-24H,15-16,18-19H2,1-4H3,(H,30,33)/t21-,23-,24-/m0/s1. The van der Waals surface area contributed by atoms with Crippen LogP contribution in [0.25, 0.3) is 0 Å². The molecule has 1 N–H and O–H groups in total. The number of amides is 3. The molecule has 3 rings (SSSR count). The number of likely N-dealkylation sites (N-methyl/N-ethyl adjacent to an activating group) is 1. The Kier molecular flexibility index (Phi) is 8.70. The SMILES string of the molecule is CN(C(=O)OCc1ccccc1)[C@@H](CC(C)(C)C)C(=O)N1C[C@@H](C(=O)Nc2ccccc2)C[C@H]1C#N. The summed E-state index contributed by atoms with van der Waals surface area (Å²) < 4.78 is 5.46. The Bertz CT molecular complexity index is 1090. The summed E-state index contributed by atoms with van der Waals surface area (Å²) in [5.74, 6) is -1.12. The summed E-state index contributed by atoms with van der Waals surface area (Å²) in [5, 5.41) is 12.6. The maximum absolute atomic E-state index is 13.7. The number of nitriles is 1. The second kappa shape index (κ2) is 11.7. The van der Waals surface area contributed by atoms with E-state index in [9.17, 15) is 19.6 Å². The van der Waals surface area contributed by atoms with Crippen LogP contribution in [-0.4, -0.2) is 53.4 Å². The smallest absolute Gasteiger partial charge is 0.410 e. The molecule has 1 fully saturated rings. The van der Waals surface area contributed by atoms with Gasteiger partial charge in [0.25, 0.3) is 0 Å². The van der Waals surface area contributed by atoms with Gasteiger partial charge in [0.05, 0.1) is 12.0 Å². The second-order valence-corrected chi connectivity index (χ2v) is 10.4. The third-order valence-electron chi connectivity index (χ3n) is 6.20. The van der Waals surface area contributed by atoms with Crippen molar-refractivity contribution in [3.8, 4) is 6.07 Å². The van der Waals surface area contributed by atoms with Gasteiger partial charge in [-0.3, -0.25) is 14.5 Å². The van der Waals surface area contributed by atoms with Crippen molar-refractivity contribution in [3.05, 3.63) is 66.2 Å². The molecule has 1 aliphatic heterocycles. The van der Waals surface area contributed by atoms with Crippen LogP contribution in [0, 0.1) is 22.7 Å². The number of para-hydroxylation sites is 1. The van der Waals surface area contributed by atoms with E-state index in [1.165, 1.54) is 9.80 Å². The maximum Gasteiger partial charge on any atom is 0.410 e. The van der Waals surface area contributed by atoms with Crippen molar-refractivity contribution in [2.24, 2.45) is 11.3 Å². The average molecular weight is 491 g/mol. The Hall–Kier alpha value is -3.86. The molecule has 0 bridgehead atoms. The van der Waals surface area contributed by atoms with Gasteiger partial charge >= 0.3 is 6.09 Å². The Balaban J connectivity index is 1.73. The molecule has 1 heterocycles. The fourth-order valence-electron chi connectivity index (χ4n) is 4.27. The molecule has 3 amide bonds. The van der Waals surface area contributed by atoms with Gasteiger partial charge in [-0.1, -0.05) is 69.3 Å². The van der Waals surface area contributed by atoms with E-state index in [1.54, 1.807) is 19.2 Å². The summed E-state index contributed by atoms with van der Waals surface area (Å²) in [6.07, 6.45) is -0.00334. The van der Waals surface area contributed by atoms with Crippen LogP contribution in [-0.2, 0) is 20.9 Å². The molecule has 3 atom stereocenters. The summed E-state index contributed by atoms with van der Waals surface area (Å²) in [4.78, 5) is 42.2. The van der Waals surface area contributed by atoms with Crippen LogP contribution in [0.3, 0.4) is 0 Å². The zero-order valence-corrected chi connectivity index (χ0v) is 21.3. The Morgan fingerprint density at radius 2 is 1.72 bits per heavy atom. The van der Waals surface area contributed by atoms with E-state index in [-0.39, 0.29) is 36.8 Å². The molecule has 0 unspecified atom stereocenters. The van der Waals surface area contributed by atoms with Gasteiger partial charge in [-0.2, -0.15) is 5.26 Å². The van der Waals surface area contributed by atoms with Crippen LogP contribution in [0.1, 0.15) is 39.2 Å². The van der Waals surface area contributed by atoms with Crippen molar-refractivity contribution in [3.63, 3.8) is 0 Å². The largest absolute Gasteiger partial charge is 0.445 e. The highest BCUT2D eigenvalue weighted by molar-refractivity contribution is 5.94. The quantitative estimate of drug-likeness (QED) is 0.618. The maximum atomic E-state index is 13.7. The number of hydrogen-bond acceptors (Lipinski definition) is 5. The molecular formula is C28H34N4O4. The first kappa shape index (κ1) is 26.7. The van der Waals surface area contributed by atoms with Gasteiger partial charge in [-0.25, -0.2) is 4.79 Å². The van der Waals surface area contributed by atoms with Gasteiger partial charge in [0, 0.05) is 19.3 Å². The van der Waals surface area contributed by atoms with E-state index in [0.717, 1.165) is 5.56 Å². The number of hydrogen-bond donors (Lipinski definition) is 1. The highest BCUT2D eigenvalue weighted by Crippen LogP contribution is 2.30. The van der Waals surface area contributed by atoms with Crippen LogP contribution in [0.5, 0.6) is 0 Å². The molecule has 190 valence electrons. The number of nitrogens with one attached hydrogen (secondary N) is 1. The minimum absolute atomic E-state index is 0.0900. The molecule has 0 aromatic heterocycles. The van der Waals surface area contributed by atoms with Crippen LogP contribution in [0.2, 0.25) is 0 Å². The van der Waals surface area contributed by atoms with Crippen molar-refractivity contribution < 1.29 is 19.1 Å².